The van der Waals surface area contributed by atoms with E-state index < -0.39 is 5.97 Å². The molecule has 0 amide bonds. The second kappa shape index (κ2) is 3.05. The Kier molecular flexibility index (Phi) is 2.01. The first-order valence-electron chi connectivity index (χ1n) is 3.92. The number of aromatic carboxylic acids is 1. The predicted molar refractivity (Wildman–Crippen MR) is 50.7 cm³/mol. The predicted octanol–water partition coefficient (Wildman–Crippen LogP) is 1.84. The summed E-state index contributed by atoms with van der Waals surface area (Å²) < 4.78 is 2.08. The van der Waals surface area contributed by atoms with Crippen LogP contribution in [-0.2, 0) is 6.54 Å². The summed E-state index contributed by atoms with van der Waals surface area (Å²) in [6.45, 7) is 0.889. The van der Waals surface area contributed by atoms with E-state index in [4.69, 9.17) is 5.11 Å². The van der Waals surface area contributed by atoms with Gasteiger partial charge in [-0.15, -0.1) is 0 Å². The average molecular weight is 195 g/mol. The number of carbonyl (C=O) groups is 1. The van der Waals surface area contributed by atoms with Gasteiger partial charge in [-0.2, -0.15) is 0 Å². The number of rotatable bonds is 1. The highest BCUT2D eigenvalue weighted by molar-refractivity contribution is 7.97. The summed E-state index contributed by atoms with van der Waals surface area (Å²) in [5.74, 6) is -0.863. The number of nitrogens with zero attached hydrogens (tertiary/aromatic N) is 1. The van der Waals surface area contributed by atoms with Crippen molar-refractivity contribution in [2.45, 2.75) is 11.4 Å². The van der Waals surface area contributed by atoms with Crippen LogP contribution in [0, 0.1) is 0 Å². The Morgan fingerprint density at radius 3 is 3.08 bits per heavy atom. The number of hydrogen-bond donors (Lipinski definition) is 1. The minimum absolute atomic E-state index is 0.363. The molecule has 4 heteroatoms. The van der Waals surface area contributed by atoms with Crippen LogP contribution in [0.5, 0.6) is 0 Å². The third-order valence-corrected chi connectivity index (χ3v) is 2.98. The standard InChI is InChI=1S/C9H9NO2S/c1-10-5-7-3-2-6(9(11)12)4-8(7)13-10/h2-4H,5H2,1H3,(H,11,12). The fraction of sp³-hybridized carbons (Fsp3) is 0.222. The molecular weight excluding hydrogens is 186 g/mol. The van der Waals surface area contributed by atoms with Crippen molar-refractivity contribution in [1.29, 1.82) is 0 Å². The van der Waals surface area contributed by atoms with Crippen molar-refractivity contribution >= 4 is 17.9 Å². The Morgan fingerprint density at radius 1 is 1.62 bits per heavy atom. The van der Waals surface area contributed by atoms with E-state index in [1.165, 1.54) is 5.56 Å². The van der Waals surface area contributed by atoms with E-state index in [0.29, 0.717) is 5.56 Å². The van der Waals surface area contributed by atoms with Gasteiger partial charge in [0.25, 0.3) is 0 Å². The highest BCUT2D eigenvalue weighted by Crippen LogP contribution is 2.34. The fourth-order valence-electron chi connectivity index (χ4n) is 1.34. The first kappa shape index (κ1) is 8.59. The van der Waals surface area contributed by atoms with Crippen LogP contribution < -0.4 is 0 Å². The number of fused-ring (bicyclic) bond motifs is 1. The quantitative estimate of drug-likeness (QED) is 0.694. The molecule has 0 atom stereocenters. The lowest BCUT2D eigenvalue weighted by Gasteiger charge is -2.00. The van der Waals surface area contributed by atoms with E-state index in [1.807, 2.05) is 13.1 Å². The Morgan fingerprint density at radius 2 is 2.38 bits per heavy atom. The van der Waals surface area contributed by atoms with Crippen LogP contribution in [-0.4, -0.2) is 22.4 Å². The van der Waals surface area contributed by atoms with Gasteiger partial charge in [-0.05, 0) is 36.7 Å². The van der Waals surface area contributed by atoms with Crippen LogP contribution >= 0.6 is 11.9 Å². The maximum absolute atomic E-state index is 10.7. The molecule has 0 spiro atoms. The summed E-state index contributed by atoms with van der Waals surface area (Å²) in [4.78, 5) is 11.7. The van der Waals surface area contributed by atoms with Gasteiger partial charge in [-0.25, -0.2) is 9.10 Å². The molecular formula is C9H9NO2S. The second-order valence-electron chi connectivity index (χ2n) is 3.00. The molecule has 0 saturated heterocycles. The molecule has 1 heterocycles. The monoisotopic (exact) mass is 195 g/mol. The van der Waals surface area contributed by atoms with Crippen molar-refractivity contribution in [1.82, 2.24) is 4.31 Å². The summed E-state index contributed by atoms with van der Waals surface area (Å²) in [5, 5.41) is 8.76. The van der Waals surface area contributed by atoms with Crippen LogP contribution in [0.25, 0.3) is 0 Å². The number of benzene rings is 1. The van der Waals surface area contributed by atoms with E-state index >= 15 is 0 Å². The lowest BCUT2D eigenvalue weighted by molar-refractivity contribution is 0.0696. The molecule has 0 saturated carbocycles. The molecule has 0 fully saturated rings. The molecule has 0 radical (unpaired) electrons. The van der Waals surface area contributed by atoms with Gasteiger partial charge in [0.1, 0.15) is 0 Å². The Labute approximate surface area is 80.5 Å². The van der Waals surface area contributed by atoms with Gasteiger partial charge in [0.05, 0.1) is 5.56 Å². The summed E-state index contributed by atoms with van der Waals surface area (Å²) in [6.07, 6.45) is 0. The van der Waals surface area contributed by atoms with Crippen molar-refractivity contribution in [3.05, 3.63) is 29.3 Å². The van der Waals surface area contributed by atoms with Crippen LogP contribution in [0.3, 0.4) is 0 Å². The maximum Gasteiger partial charge on any atom is 0.335 e. The lowest BCUT2D eigenvalue weighted by atomic mass is 10.1. The zero-order chi connectivity index (χ0) is 9.42. The molecule has 1 aromatic rings. The summed E-state index contributed by atoms with van der Waals surface area (Å²) in [6, 6.07) is 5.27. The molecule has 0 aliphatic carbocycles. The maximum atomic E-state index is 10.7. The van der Waals surface area contributed by atoms with E-state index in [9.17, 15) is 4.79 Å². The summed E-state index contributed by atoms with van der Waals surface area (Å²) >= 11 is 1.59. The van der Waals surface area contributed by atoms with E-state index in [0.717, 1.165) is 11.4 Å². The molecule has 1 aliphatic rings. The van der Waals surface area contributed by atoms with Crippen molar-refractivity contribution in [2.75, 3.05) is 7.05 Å². The first-order chi connectivity index (χ1) is 6.16. The molecule has 0 unspecified atom stereocenters. The summed E-state index contributed by atoms with van der Waals surface area (Å²) in [7, 11) is 1.99. The topological polar surface area (TPSA) is 40.5 Å². The number of carboxylic acids is 1. The molecule has 2 rings (SSSR count). The van der Waals surface area contributed by atoms with Gasteiger partial charge in [0.2, 0.25) is 0 Å². The molecule has 0 bridgehead atoms. The average Bonchev–Trinajstić information content (AvgIpc) is 2.42. The smallest absolute Gasteiger partial charge is 0.335 e. The van der Waals surface area contributed by atoms with Crippen LogP contribution in [0.4, 0.5) is 0 Å². The van der Waals surface area contributed by atoms with Gasteiger partial charge >= 0.3 is 5.97 Å². The SMILES string of the molecule is CN1Cc2ccc(C(=O)O)cc2S1. The molecule has 0 aromatic heterocycles. The Hall–Kier alpha value is -1.00. The minimum Gasteiger partial charge on any atom is -0.478 e. The lowest BCUT2D eigenvalue weighted by Crippen LogP contribution is -1.99. The third-order valence-electron chi connectivity index (χ3n) is 1.96. The van der Waals surface area contributed by atoms with Crippen molar-refractivity contribution < 1.29 is 9.90 Å². The molecule has 13 heavy (non-hydrogen) atoms. The first-order valence-corrected chi connectivity index (χ1v) is 4.69. The van der Waals surface area contributed by atoms with E-state index in [2.05, 4.69) is 4.31 Å². The molecule has 3 nitrogen and oxygen atoms in total. The zero-order valence-electron chi connectivity index (χ0n) is 7.15. The minimum atomic E-state index is -0.863. The van der Waals surface area contributed by atoms with Gasteiger partial charge in [-0.1, -0.05) is 6.07 Å². The molecule has 1 aliphatic heterocycles. The number of carboxylic acid groups (broad SMARTS) is 1. The van der Waals surface area contributed by atoms with Crippen LogP contribution in [0.15, 0.2) is 23.1 Å². The van der Waals surface area contributed by atoms with E-state index in [-0.39, 0.29) is 0 Å². The molecule has 1 N–H and O–H groups in total. The van der Waals surface area contributed by atoms with Gasteiger partial charge in [0.15, 0.2) is 0 Å². The second-order valence-corrected chi connectivity index (χ2v) is 4.25. The number of hydrogen-bond acceptors (Lipinski definition) is 3. The summed E-state index contributed by atoms with van der Waals surface area (Å²) in [5.41, 5.74) is 1.57. The molecule has 68 valence electrons. The Bertz CT molecular complexity index is 365. The Balaban J connectivity index is 2.40. The fourth-order valence-corrected chi connectivity index (χ4v) is 2.31. The largest absolute Gasteiger partial charge is 0.478 e. The van der Waals surface area contributed by atoms with Crippen molar-refractivity contribution in [2.24, 2.45) is 0 Å². The molecule has 1 aromatic carbocycles. The van der Waals surface area contributed by atoms with Gasteiger partial charge < -0.3 is 5.11 Å². The van der Waals surface area contributed by atoms with Crippen LogP contribution in [0.1, 0.15) is 15.9 Å². The van der Waals surface area contributed by atoms with Gasteiger partial charge in [0, 0.05) is 11.4 Å². The van der Waals surface area contributed by atoms with Crippen LogP contribution in [0.2, 0.25) is 0 Å². The highest BCUT2D eigenvalue weighted by atomic mass is 32.2. The third kappa shape index (κ3) is 1.55. The normalized spacial score (nSPS) is 15.8. The van der Waals surface area contributed by atoms with Crippen molar-refractivity contribution in [3.63, 3.8) is 0 Å². The van der Waals surface area contributed by atoms with E-state index in [1.54, 1.807) is 24.1 Å². The van der Waals surface area contributed by atoms with Crippen molar-refractivity contribution in [3.8, 4) is 0 Å². The zero-order valence-corrected chi connectivity index (χ0v) is 7.97. The highest BCUT2D eigenvalue weighted by Gasteiger charge is 2.17. The van der Waals surface area contributed by atoms with Gasteiger partial charge in [-0.3, -0.25) is 0 Å².